The topological polar surface area (TPSA) is 107 Å². The van der Waals surface area contributed by atoms with Crippen LogP contribution in [-0.2, 0) is 6.54 Å². The van der Waals surface area contributed by atoms with E-state index in [-0.39, 0.29) is 18.3 Å². The van der Waals surface area contributed by atoms with Gasteiger partial charge in [0, 0.05) is 31.0 Å². The number of nitrogens with zero attached hydrogens (tertiary/aromatic N) is 2. The molecule has 3 rings (SSSR count). The fourth-order valence-corrected chi connectivity index (χ4v) is 2.92. The Labute approximate surface area is 157 Å². The fraction of sp³-hybridized carbons (Fsp3) is 0.368. The maximum atomic E-state index is 12.3. The van der Waals surface area contributed by atoms with Gasteiger partial charge in [0.2, 0.25) is 0 Å². The SMILES string of the molecule is Cc1nc(C(=O)NCc2cccc(NC(=O)N3CCCC3)c2)c(=O)[nH]c1C. The normalized spacial score (nSPS) is 13.5. The summed E-state index contributed by atoms with van der Waals surface area (Å²) < 4.78 is 0. The molecular weight excluding hydrogens is 346 g/mol. The van der Waals surface area contributed by atoms with Crippen LogP contribution < -0.4 is 16.2 Å². The maximum Gasteiger partial charge on any atom is 0.321 e. The molecule has 1 fully saturated rings. The zero-order valence-electron chi connectivity index (χ0n) is 15.5. The Morgan fingerprint density at radius 1 is 1.22 bits per heavy atom. The number of aromatic nitrogens is 2. The molecule has 0 spiro atoms. The van der Waals surface area contributed by atoms with Crippen LogP contribution in [0.1, 0.15) is 40.3 Å². The predicted octanol–water partition coefficient (Wildman–Crippen LogP) is 1.94. The lowest BCUT2D eigenvalue weighted by molar-refractivity contribution is 0.0944. The van der Waals surface area contributed by atoms with Crippen molar-refractivity contribution in [3.8, 4) is 0 Å². The Bertz CT molecular complexity index is 916. The highest BCUT2D eigenvalue weighted by Gasteiger charge is 2.18. The molecule has 0 unspecified atom stereocenters. The number of aromatic amines is 1. The maximum absolute atomic E-state index is 12.3. The zero-order valence-corrected chi connectivity index (χ0v) is 15.5. The van der Waals surface area contributed by atoms with Crippen LogP contribution >= 0.6 is 0 Å². The van der Waals surface area contributed by atoms with Gasteiger partial charge < -0.3 is 20.5 Å². The predicted molar refractivity (Wildman–Crippen MR) is 102 cm³/mol. The van der Waals surface area contributed by atoms with E-state index in [0.717, 1.165) is 31.5 Å². The van der Waals surface area contributed by atoms with Crippen LogP contribution in [0.4, 0.5) is 10.5 Å². The largest absolute Gasteiger partial charge is 0.346 e. The van der Waals surface area contributed by atoms with E-state index < -0.39 is 11.5 Å². The fourth-order valence-electron chi connectivity index (χ4n) is 2.92. The molecule has 0 radical (unpaired) electrons. The second-order valence-corrected chi connectivity index (χ2v) is 6.63. The van der Waals surface area contributed by atoms with Crippen molar-refractivity contribution in [1.29, 1.82) is 0 Å². The van der Waals surface area contributed by atoms with Crippen molar-refractivity contribution in [2.75, 3.05) is 18.4 Å². The van der Waals surface area contributed by atoms with Crippen LogP contribution in [0.2, 0.25) is 0 Å². The standard InChI is InChI=1S/C19H23N5O3/c1-12-13(2)22-18(26)16(21-12)17(25)20-11-14-6-5-7-15(10-14)23-19(27)24-8-3-4-9-24/h5-7,10H,3-4,8-9,11H2,1-2H3,(H,20,25)(H,22,26)(H,23,27). The number of hydrogen-bond acceptors (Lipinski definition) is 4. The number of anilines is 1. The number of aryl methyl sites for hydroxylation is 2. The summed E-state index contributed by atoms with van der Waals surface area (Å²) in [6, 6.07) is 7.13. The van der Waals surface area contributed by atoms with Crippen LogP contribution in [0.3, 0.4) is 0 Å². The van der Waals surface area contributed by atoms with Crippen LogP contribution in [0.25, 0.3) is 0 Å². The van der Waals surface area contributed by atoms with E-state index in [1.165, 1.54) is 0 Å². The van der Waals surface area contributed by atoms with Crippen LogP contribution in [-0.4, -0.2) is 39.9 Å². The Kier molecular flexibility index (Phi) is 5.54. The number of H-pyrrole nitrogens is 1. The van der Waals surface area contributed by atoms with Crippen molar-refractivity contribution in [2.45, 2.75) is 33.2 Å². The summed E-state index contributed by atoms with van der Waals surface area (Å²) in [5.74, 6) is -0.536. The van der Waals surface area contributed by atoms with Crippen LogP contribution in [0.5, 0.6) is 0 Å². The number of amides is 3. The first-order valence-electron chi connectivity index (χ1n) is 8.94. The van der Waals surface area contributed by atoms with E-state index >= 15 is 0 Å². The highest BCUT2D eigenvalue weighted by Crippen LogP contribution is 2.14. The van der Waals surface area contributed by atoms with Gasteiger partial charge >= 0.3 is 6.03 Å². The number of rotatable bonds is 4. The van der Waals surface area contributed by atoms with Gasteiger partial charge in [0.15, 0.2) is 5.69 Å². The van der Waals surface area contributed by atoms with E-state index in [9.17, 15) is 14.4 Å². The first-order valence-corrected chi connectivity index (χ1v) is 8.94. The molecule has 0 atom stereocenters. The second kappa shape index (κ2) is 8.03. The minimum atomic E-state index is -0.536. The number of benzene rings is 1. The molecule has 27 heavy (non-hydrogen) atoms. The number of urea groups is 1. The van der Waals surface area contributed by atoms with Crippen molar-refractivity contribution in [3.63, 3.8) is 0 Å². The van der Waals surface area contributed by atoms with Crippen molar-refractivity contribution in [3.05, 3.63) is 57.3 Å². The summed E-state index contributed by atoms with van der Waals surface area (Å²) in [5.41, 5.74) is 2.05. The molecule has 142 valence electrons. The first kappa shape index (κ1) is 18.6. The highest BCUT2D eigenvalue weighted by atomic mass is 16.2. The van der Waals surface area contributed by atoms with Gasteiger partial charge in [0.25, 0.3) is 11.5 Å². The summed E-state index contributed by atoms with van der Waals surface area (Å²) in [7, 11) is 0. The lowest BCUT2D eigenvalue weighted by Crippen LogP contribution is -2.32. The lowest BCUT2D eigenvalue weighted by atomic mass is 10.2. The van der Waals surface area contributed by atoms with Gasteiger partial charge in [-0.05, 0) is 44.4 Å². The Hall–Kier alpha value is -3.16. The van der Waals surface area contributed by atoms with Crippen molar-refractivity contribution in [1.82, 2.24) is 20.2 Å². The number of nitrogens with one attached hydrogen (secondary N) is 3. The molecular formula is C19H23N5O3. The molecule has 1 aliphatic heterocycles. The molecule has 3 N–H and O–H groups in total. The van der Waals surface area contributed by atoms with E-state index in [1.807, 2.05) is 12.1 Å². The second-order valence-electron chi connectivity index (χ2n) is 6.63. The highest BCUT2D eigenvalue weighted by molar-refractivity contribution is 5.92. The van der Waals surface area contributed by atoms with E-state index in [1.54, 1.807) is 30.9 Å². The Morgan fingerprint density at radius 3 is 2.70 bits per heavy atom. The van der Waals surface area contributed by atoms with E-state index in [2.05, 4.69) is 20.6 Å². The summed E-state index contributed by atoms with van der Waals surface area (Å²) in [4.78, 5) is 44.8. The third kappa shape index (κ3) is 4.52. The minimum absolute atomic E-state index is 0.112. The molecule has 2 heterocycles. The summed E-state index contributed by atoms with van der Waals surface area (Å²) in [6.45, 7) is 5.24. The minimum Gasteiger partial charge on any atom is -0.346 e. The van der Waals surface area contributed by atoms with Gasteiger partial charge in [-0.1, -0.05) is 12.1 Å². The quantitative estimate of drug-likeness (QED) is 0.765. The molecule has 0 aliphatic carbocycles. The molecule has 0 saturated carbocycles. The van der Waals surface area contributed by atoms with Crippen molar-refractivity contribution < 1.29 is 9.59 Å². The van der Waals surface area contributed by atoms with E-state index in [4.69, 9.17) is 0 Å². The Balaban J connectivity index is 1.63. The van der Waals surface area contributed by atoms with Crippen molar-refractivity contribution in [2.24, 2.45) is 0 Å². The molecule has 1 aliphatic rings. The third-order valence-corrected chi connectivity index (χ3v) is 4.58. The van der Waals surface area contributed by atoms with Gasteiger partial charge in [-0.15, -0.1) is 0 Å². The molecule has 0 bridgehead atoms. The molecule has 8 heteroatoms. The summed E-state index contributed by atoms with van der Waals surface area (Å²) >= 11 is 0. The van der Waals surface area contributed by atoms with Gasteiger partial charge in [-0.2, -0.15) is 0 Å². The smallest absolute Gasteiger partial charge is 0.321 e. The summed E-state index contributed by atoms with van der Waals surface area (Å²) in [6.07, 6.45) is 2.07. The zero-order chi connectivity index (χ0) is 19.4. The van der Waals surface area contributed by atoms with E-state index in [0.29, 0.717) is 17.1 Å². The van der Waals surface area contributed by atoms with Crippen molar-refractivity contribution >= 4 is 17.6 Å². The third-order valence-electron chi connectivity index (χ3n) is 4.58. The van der Waals surface area contributed by atoms with Gasteiger partial charge in [-0.25, -0.2) is 9.78 Å². The summed E-state index contributed by atoms with van der Waals surface area (Å²) in [5, 5.41) is 5.57. The number of hydrogen-bond donors (Lipinski definition) is 3. The number of likely N-dealkylation sites (tertiary alicyclic amines) is 1. The number of carbonyl (C=O) groups excluding carboxylic acids is 2. The monoisotopic (exact) mass is 369 g/mol. The molecule has 2 aromatic rings. The van der Waals surface area contributed by atoms with Gasteiger partial charge in [-0.3, -0.25) is 9.59 Å². The van der Waals surface area contributed by atoms with Crippen LogP contribution in [0.15, 0.2) is 29.1 Å². The first-order chi connectivity index (χ1) is 12.9. The Morgan fingerprint density at radius 2 is 1.96 bits per heavy atom. The van der Waals surface area contributed by atoms with Gasteiger partial charge in [0.1, 0.15) is 0 Å². The molecule has 8 nitrogen and oxygen atoms in total. The van der Waals surface area contributed by atoms with Gasteiger partial charge in [0.05, 0.1) is 5.69 Å². The number of carbonyl (C=O) groups is 2. The molecule has 3 amide bonds. The average molecular weight is 369 g/mol. The van der Waals surface area contributed by atoms with Crippen LogP contribution in [0, 0.1) is 13.8 Å². The average Bonchev–Trinajstić information content (AvgIpc) is 3.18. The lowest BCUT2D eigenvalue weighted by Gasteiger charge is -2.16. The molecule has 1 saturated heterocycles. The molecule has 1 aromatic carbocycles. The molecule has 1 aromatic heterocycles.